The first-order valence-corrected chi connectivity index (χ1v) is 10.1. The molecule has 4 nitrogen and oxygen atoms in total. The van der Waals surface area contributed by atoms with Gasteiger partial charge in [0.2, 0.25) is 5.91 Å². The predicted octanol–water partition coefficient (Wildman–Crippen LogP) is 3.87. The Hall–Kier alpha value is -2.88. The second kappa shape index (κ2) is 8.42. The second-order valence-electron chi connectivity index (χ2n) is 7.75. The van der Waals surface area contributed by atoms with Gasteiger partial charge < -0.3 is 9.47 Å². The molecule has 0 aliphatic carbocycles. The lowest BCUT2D eigenvalue weighted by Crippen LogP contribution is -2.30. The fourth-order valence-corrected chi connectivity index (χ4v) is 4.02. The van der Waals surface area contributed by atoms with Crippen LogP contribution in [0.15, 0.2) is 66.9 Å². The van der Waals surface area contributed by atoms with E-state index in [4.69, 9.17) is 0 Å². The fraction of sp³-hybridized carbons (Fsp3) is 0.333. The van der Waals surface area contributed by atoms with Crippen LogP contribution in [0.4, 0.5) is 0 Å². The van der Waals surface area contributed by atoms with Gasteiger partial charge in [0.15, 0.2) is 0 Å². The maximum atomic E-state index is 12.6. The van der Waals surface area contributed by atoms with E-state index in [0.29, 0.717) is 12.3 Å². The summed E-state index contributed by atoms with van der Waals surface area (Å²) in [6, 6.07) is 20.5. The molecule has 2 heterocycles. The van der Waals surface area contributed by atoms with Crippen molar-refractivity contribution in [2.75, 3.05) is 13.1 Å². The highest BCUT2D eigenvalue weighted by molar-refractivity contribution is 5.79. The Morgan fingerprint density at radius 1 is 1.04 bits per heavy atom. The lowest BCUT2D eigenvalue weighted by molar-refractivity contribution is -0.129. The molecular weight excluding hydrogens is 346 g/mol. The molecule has 1 atom stereocenters. The zero-order chi connectivity index (χ0) is 19.3. The van der Waals surface area contributed by atoms with Gasteiger partial charge >= 0.3 is 0 Å². The number of benzene rings is 2. The van der Waals surface area contributed by atoms with Gasteiger partial charge in [-0.05, 0) is 30.4 Å². The Labute approximate surface area is 166 Å². The minimum atomic E-state index is 0.234. The standard InChI is InChI=1S/C24H27N3O/c1-19-16-25-23(27(19)18-21-10-6-3-7-11-21)14-22-12-13-26(17-22)24(28)15-20-8-4-2-5-9-20/h2-11,16,22H,12-15,17-18H2,1H3. The van der Waals surface area contributed by atoms with Crippen molar-refractivity contribution >= 4 is 5.91 Å². The summed E-state index contributed by atoms with van der Waals surface area (Å²) in [5.41, 5.74) is 3.56. The van der Waals surface area contributed by atoms with Crippen LogP contribution in [-0.4, -0.2) is 33.4 Å². The van der Waals surface area contributed by atoms with Gasteiger partial charge in [-0.2, -0.15) is 0 Å². The predicted molar refractivity (Wildman–Crippen MR) is 111 cm³/mol. The number of imidazole rings is 1. The second-order valence-corrected chi connectivity index (χ2v) is 7.75. The van der Waals surface area contributed by atoms with Crippen molar-refractivity contribution in [2.45, 2.75) is 32.7 Å². The third-order valence-corrected chi connectivity index (χ3v) is 5.63. The molecule has 1 fully saturated rings. The molecule has 28 heavy (non-hydrogen) atoms. The largest absolute Gasteiger partial charge is 0.342 e. The van der Waals surface area contributed by atoms with E-state index in [9.17, 15) is 4.79 Å². The van der Waals surface area contributed by atoms with E-state index in [-0.39, 0.29) is 5.91 Å². The molecule has 1 saturated heterocycles. The molecule has 1 aromatic heterocycles. The van der Waals surface area contributed by atoms with Crippen LogP contribution in [0.1, 0.15) is 29.1 Å². The van der Waals surface area contributed by atoms with Gasteiger partial charge in [0.25, 0.3) is 0 Å². The lowest BCUT2D eigenvalue weighted by Gasteiger charge is -2.17. The summed E-state index contributed by atoms with van der Waals surface area (Å²) in [6.07, 6.45) is 4.44. The van der Waals surface area contributed by atoms with Gasteiger partial charge in [-0.3, -0.25) is 4.79 Å². The van der Waals surface area contributed by atoms with E-state index in [1.54, 1.807) is 0 Å². The Kier molecular flexibility index (Phi) is 5.56. The lowest BCUT2D eigenvalue weighted by atomic mass is 10.0. The Bertz CT molecular complexity index is 918. The average Bonchev–Trinajstić information content (AvgIpc) is 3.32. The molecule has 144 valence electrons. The molecule has 2 aromatic carbocycles. The number of likely N-dealkylation sites (tertiary alicyclic amines) is 1. The summed E-state index contributed by atoms with van der Waals surface area (Å²) in [4.78, 5) is 19.3. The van der Waals surface area contributed by atoms with Crippen molar-refractivity contribution in [2.24, 2.45) is 5.92 Å². The first kappa shape index (κ1) is 18.5. The molecule has 0 saturated carbocycles. The van der Waals surface area contributed by atoms with Crippen LogP contribution in [-0.2, 0) is 24.2 Å². The van der Waals surface area contributed by atoms with E-state index < -0.39 is 0 Å². The van der Waals surface area contributed by atoms with Gasteiger partial charge in [0, 0.05) is 37.9 Å². The number of rotatable bonds is 6. The summed E-state index contributed by atoms with van der Waals surface area (Å²) in [6.45, 7) is 4.66. The SMILES string of the molecule is Cc1cnc(CC2CCN(C(=O)Cc3ccccc3)C2)n1Cc1ccccc1. The maximum absolute atomic E-state index is 12.6. The van der Waals surface area contributed by atoms with E-state index in [1.165, 1.54) is 11.3 Å². The van der Waals surface area contributed by atoms with Crippen molar-refractivity contribution in [3.8, 4) is 0 Å². The third-order valence-electron chi connectivity index (χ3n) is 5.63. The number of nitrogens with zero attached hydrogens (tertiary/aromatic N) is 3. The van der Waals surface area contributed by atoms with Gasteiger partial charge in [-0.1, -0.05) is 60.7 Å². The number of aromatic nitrogens is 2. The monoisotopic (exact) mass is 373 g/mol. The summed E-state index contributed by atoms with van der Waals surface area (Å²) in [5.74, 6) is 1.84. The summed E-state index contributed by atoms with van der Waals surface area (Å²) < 4.78 is 2.31. The van der Waals surface area contributed by atoms with Gasteiger partial charge in [-0.25, -0.2) is 4.98 Å². The molecule has 1 aliphatic heterocycles. The summed E-state index contributed by atoms with van der Waals surface area (Å²) >= 11 is 0. The highest BCUT2D eigenvalue weighted by atomic mass is 16.2. The number of amides is 1. The van der Waals surface area contributed by atoms with Crippen LogP contribution in [0.3, 0.4) is 0 Å². The number of aryl methyl sites for hydroxylation is 1. The number of hydrogen-bond donors (Lipinski definition) is 0. The van der Waals surface area contributed by atoms with Gasteiger partial charge in [0.1, 0.15) is 5.82 Å². The molecule has 0 N–H and O–H groups in total. The minimum absolute atomic E-state index is 0.234. The smallest absolute Gasteiger partial charge is 0.226 e. The zero-order valence-electron chi connectivity index (χ0n) is 16.4. The van der Waals surface area contributed by atoms with Crippen molar-refractivity contribution < 1.29 is 4.79 Å². The topological polar surface area (TPSA) is 38.1 Å². The molecule has 4 heteroatoms. The van der Waals surface area contributed by atoms with Crippen LogP contribution in [0.25, 0.3) is 0 Å². The van der Waals surface area contributed by atoms with Crippen molar-refractivity contribution in [1.29, 1.82) is 0 Å². The molecule has 1 aliphatic rings. The molecule has 0 radical (unpaired) electrons. The highest BCUT2D eigenvalue weighted by Gasteiger charge is 2.27. The normalized spacial score (nSPS) is 16.5. The first-order valence-electron chi connectivity index (χ1n) is 10.1. The van der Waals surface area contributed by atoms with Crippen molar-refractivity contribution in [3.05, 3.63) is 89.5 Å². The van der Waals surface area contributed by atoms with Crippen LogP contribution < -0.4 is 0 Å². The molecule has 1 unspecified atom stereocenters. The highest BCUT2D eigenvalue weighted by Crippen LogP contribution is 2.22. The number of carbonyl (C=O) groups excluding carboxylic acids is 1. The van der Waals surface area contributed by atoms with Crippen molar-refractivity contribution in [3.63, 3.8) is 0 Å². The van der Waals surface area contributed by atoms with Crippen LogP contribution in [0, 0.1) is 12.8 Å². The maximum Gasteiger partial charge on any atom is 0.226 e. The van der Waals surface area contributed by atoms with Gasteiger partial charge in [0.05, 0.1) is 6.42 Å². The van der Waals surface area contributed by atoms with E-state index in [2.05, 4.69) is 40.7 Å². The van der Waals surface area contributed by atoms with Gasteiger partial charge in [-0.15, -0.1) is 0 Å². The van der Waals surface area contributed by atoms with E-state index in [0.717, 1.165) is 43.9 Å². The molecule has 0 bridgehead atoms. The molecule has 1 amide bonds. The molecule has 0 spiro atoms. The van der Waals surface area contributed by atoms with E-state index >= 15 is 0 Å². The van der Waals surface area contributed by atoms with E-state index in [1.807, 2.05) is 47.5 Å². The first-order chi connectivity index (χ1) is 13.7. The van der Waals surface area contributed by atoms with Crippen LogP contribution >= 0.6 is 0 Å². The van der Waals surface area contributed by atoms with Crippen LogP contribution in [0.5, 0.6) is 0 Å². The molecule has 3 aromatic rings. The summed E-state index contributed by atoms with van der Waals surface area (Å²) in [5, 5.41) is 0. The molecular formula is C24H27N3O. The van der Waals surface area contributed by atoms with Crippen LogP contribution in [0.2, 0.25) is 0 Å². The Balaban J connectivity index is 1.37. The summed E-state index contributed by atoms with van der Waals surface area (Å²) in [7, 11) is 0. The number of hydrogen-bond acceptors (Lipinski definition) is 2. The quantitative estimate of drug-likeness (QED) is 0.658. The Morgan fingerprint density at radius 2 is 1.71 bits per heavy atom. The minimum Gasteiger partial charge on any atom is -0.342 e. The Morgan fingerprint density at radius 3 is 2.43 bits per heavy atom. The third kappa shape index (κ3) is 4.33. The number of carbonyl (C=O) groups is 1. The molecule has 4 rings (SSSR count). The average molecular weight is 374 g/mol. The van der Waals surface area contributed by atoms with Crippen molar-refractivity contribution in [1.82, 2.24) is 14.5 Å². The zero-order valence-corrected chi connectivity index (χ0v) is 16.4. The fourth-order valence-electron chi connectivity index (χ4n) is 4.02.